The number of hydrogen-bond acceptors (Lipinski definition) is 8. The van der Waals surface area contributed by atoms with Gasteiger partial charge in [0.25, 0.3) is 0 Å². The van der Waals surface area contributed by atoms with E-state index in [4.69, 9.17) is 18.6 Å². The first-order valence-electron chi connectivity index (χ1n) is 11.6. The molecule has 2 aliphatic rings. The van der Waals surface area contributed by atoms with Gasteiger partial charge in [-0.1, -0.05) is 24.3 Å². The van der Waals surface area contributed by atoms with Crippen LogP contribution in [-0.4, -0.2) is 36.7 Å². The van der Waals surface area contributed by atoms with Crippen LogP contribution in [0.15, 0.2) is 76.4 Å². The molecular formula is C27H27N5O2S. The molecule has 0 bridgehead atoms. The highest BCUT2D eigenvalue weighted by Crippen LogP contribution is 2.33. The molecule has 0 spiro atoms. The molecule has 35 heavy (non-hydrogen) atoms. The average Bonchev–Trinajstić information content (AvgIpc) is 2.88. The van der Waals surface area contributed by atoms with E-state index in [0.29, 0.717) is 5.76 Å². The van der Waals surface area contributed by atoms with Crippen LogP contribution >= 0.6 is 12.2 Å². The van der Waals surface area contributed by atoms with Gasteiger partial charge in [-0.05, 0) is 37.6 Å². The van der Waals surface area contributed by atoms with Crippen molar-refractivity contribution >= 4 is 45.5 Å². The lowest BCUT2D eigenvalue weighted by atomic mass is 10.0. The lowest BCUT2D eigenvalue weighted by Gasteiger charge is -2.24. The van der Waals surface area contributed by atoms with Gasteiger partial charge in [0.05, 0.1) is 36.6 Å². The Labute approximate surface area is 208 Å². The quantitative estimate of drug-likeness (QED) is 0.100. The predicted molar refractivity (Wildman–Crippen MR) is 143 cm³/mol. The number of nitrogens with zero attached hydrogens (tertiary/aromatic N) is 4. The molecule has 2 aromatic carbocycles. The van der Waals surface area contributed by atoms with Crippen LogP contribution in [0.3, 0.4) is 0 Å². The fourth-order valence-corrected chi connectivity index (χ4v) is 4.57. The fourth-order valence-electron chi connectivity index (χ4n) is 4.27. The van der Waals surface area contributed by atoms with Gasteiger partial charge in [-0.25, -0.2) is 14.7 Å². The Hall–Kier alpha value is -3.46. The summed E-state index contributed by atoms with van der Waals surface area (Å²) in [6, 6.07) is 18.2. The van der Waals surface area contributed by atoms with Crippen LogP contribution in [0.2, 0.25) is 0 Å². The van der Waals surface area contributed by atoms with Crippen LogP contribution in [0.5, 0.6) is 0 Å². The van der Waals surface area contributed by atoms with Crippen LogP contribution in [0, 0.1) is 6.92 Å². The van der Waals surface area contributed by atoms with Gasteiger partial charge < -0.3 is 13.5 Å². The third kappa shape index (κ3) is 4.86. The Morgan fingerprint density at radius 2 is 1.97 bits per heavy atom. The molecule has 2 heterocycles. The van der Waals surface area contributed by atoms with Crippen molar-refractivity contribution < 1.29 is 8.60 Å². The highest BCUT2D eigenvalue weighted by Gasteiger charge is 2.17. The van der Waals surface area contributed by atoms with Crippen molar-refractivity contribution in [2.75, 3.05) is 31.6 Å². The molecule has 5 rings (SSSR count). The van der Waals surface area contributed by atoms with E-state index in [2.05, 4.69) is 52.7 Å². The molecule has 0 fully saturated rings. The van der Waals surface area contributed by atoms with Gasteiger partial charge in [0.2, 0.25) is 0 Å². The van der Waals surface area contributed by atoms with Crippen molar-refractivity contribution in [3.8, 4) is 11.5 Å². The van der Waals surface area contributed by atoms with Crippen molar-refractivity contribution in [3.63, 3.8) is 0 Å². The molecular weight excluding hydrogens is 458 g/mol. The lowest BCUT2D eigenvalue weighted by Crippen LogP contribution is -2.30. The summed E-state index contributed by atoms with van der Waals surface area (Å²) in [6.45, 7) is 6.75. The maximum atomic E-state index is 6.49. The number of aryl methyl sites for hydroxylation is 1. The minimum Gasteiger partial charge on any atom is -0.453 e. The van der Waals surface area contributed by atoms with Crippen molar-refractivity contribution in [3.05, 3.63) is 77.9 Å². The molecule has 0 atom stereocenters. The first-order chi connectivity index (χ1) is 17.2. The summed E-state index contributed by atoms with van der Waals surface area (Å²) in [5, 5.41) is 2.87. The minimum absolute atomic E-state index is 0.705. The monoisotopic (exact) mass is 485 g/mol. The van der Waals surface area contributed by atoms with E-state index in [9.17, 15) is 0 Å². The van der Waals surface area contributed by atoms with Crippen LogP contribution in [0.1, 0.15) is 12.5 Å². The van der Waals surface area contributed by atoms with E-state index in [1.54, 1.807) is 19.5 Å². The molecule has 0 saturated heterocycles. The van der Waals surface area contributed by atoms with Crippen LogP contribution in [0.25, 0.3) is 33.3 Å². The standard InChI is InChI=1S/C27H27N5O2S/c1-4-32(13-12-29-35-33-3)20-14-18(2)26-24(15-20)34-25-16-23(30-19-8-7-11-28-17-19)21-9-5-6-10-22(21)27(25)31-26/h5-11,14-17,29H,4,12-13H2,1-3H3. The number of fused-ring (bicyclic) bond motifs is 4. The fraction of sp³-hybridized carbons (Fsp3) is 0.222. The lowest BCUT2D eigenvalue weighted by molar-refractivity contribution is 0.483. The smallest absolute Gasteiger partial charge is 0.155 e. The molecule has 0 unspecified atom stereocenters. The van der Waals surface area contributed by atoms with Gasteiger partial charge in [-0.2, -0.15) is 0 Å². The third-order valence-corrected chi connectivity index (χ3v) is 6.41. The topological polar surface area (TPSA) is 75.8 Å². The highest BCUT2D eigenvalue weighted by molar-refractivity contribution is 7.92. The van der Waals surface area contributed by atoms with Gasteiger partial charge in [0.1, 0.15) is 11.2 Å². The Bertz CT molecular complexity index is 1500. The molecule has 1 aliphatic heterocycles. The molecule has 0 saturated carbocycles. The van der Waals surface area contributed by atoms with Gasteiger partial charge in [0, 0.05) is 54.4 Å². The largest absolute Gasteiger partial charge is 0.453 e. The zero-order chi connectivity index (χ0) is 24.2. The second kappa shape index (κ2) is 10.4. The second-order valence-corrected chi connectivity index (χ2v) is 8.95. The molecule has 1 aromatic heterocycles. The van der Waals surface area contributed by atoms with E-state index < -0.39 is 0 Å². The number of benzene rings is 3. The second-order valence-electron chi connectivity index (χ2n) is 8.16. The molecule has 1 N–H and O–H groups in total. The highest BCUT2D eigenvalue weighted by atomic mass is 32.2. The molecule has 1 aliphatic carbocycles. The minimum atomic E-state index is 0.705. The molecule has 3 aromatic rings. The van der Waals surface area contributed by atoms with Crippen LogP contribution in [-0.2, 0) is 4.18 Å². The SMILES string of the molecule is CCN(CCNSOC)c1cc(C)c2nc3c4ccccc4c(=Nc4cccnc4)cc-3oc2c1. The summed E-state index contributed by atoms with van der Waals surface area (Å²) < 4.78 is 14.7. The normalized spacial score (nSPS) is 12.1. The van der Waals surface area contributed by atoms with E-state index in [-0.39, 0.29) is 0 Å². The summed E-state index contributed by atoms with van der Waals surface area (Å²) in [6.07, 6.45) is 3.50. The summed E-state index contributed by atoms with van der Waals surface area (Å²) in [5.41, 5.74) is 5.44. The number of hydrogen-bond donors (Lipinski definition) is 1. The van der Waals surface area contributed by atoms with Crippen LogP contribution < -0.4 is 15.0 Å². The van der Waals surface area contributed by atoms with E-state index in [0.717, 1.165) is 69.5 Å². The number of aromatic nitrogens is 2. The summed E-state index contributed by atoms with van der Waals surface area (Å²) >= 11 is 1.25. The molecule has 7 nitrogen and oxygen atoms in total. The Balaban J connectivity index is 1.66. The Morgan fingerprint density at radius 3 is 2.74 bits per heavy atom. The Kier molecular flexibility index (Phi) is 6.94. The van der Waals surface area contributed by atoms with Crippen LogP contribution in [0.4, 0.5) is 11.4 Å². The van der Waals surface area contributed by atoms with Crippen molar-refractivity contribution in [1.29, 1.82) is 0 Å². The maximum Gasteiger partial charge on any atom is 0.155 e. The number of anilines is 1. The summed E-state index contributed by atoms with van der Waals surface area (Å²) in [7, 11) is 1.65. The van der Waals surface area contributed by atoms with Gasteiger partial charge in [0.15, 0.2) is 11.3 Å². The predicted octanol–water partition coefficient (Wildman–Crippen LogP) is 5.65. The molecule has 178 valence electrons. The molecule has 0 radical (unpaired) electrons. The average molecular weight is 486 g/mol. The first kappa shape index (κ1) is 23.3. The van der Waals surface area contributed by atoms with Gasteiger partial charge >= 0.3 is 0 Å². The maximum absolute atomic E-state index is 6.49. The summed E-state index contributed by atoms with van der Waals surface area (Å²) in [5.74, 6) is 0.705. The number of nitrogens with one attached hydrogen (secondary N) is 1. The van der Waals surface area contributed by atoms with Crippen molar-refractivity contribution in [2.24, 2.45) is 4.99 Å². The van der Waals surface area contributed by atoms with Gasteiger partial charge in [-0.3, -0.25) is 4.98 Å². The zero-order valence-electron chi connectivity index (χ0n) is 20.0. The van der Waals surface area contributed by atoms with Crippen molar-refractivity contribution in [2.45, 2.75) is 13.8 Å². The third-order valence-electron chi connectivity index (χ3n) is 5.92. The summed E-state index contributed by atoms with van der Waals surface area (Å²) in [4.78, 5) is 16.4. The van der Waals surface area contributed by atoms with Crippen molar-refractivity contribution in [1.82, 2.24) is 14.7 Å². The Morgan fingerprint density at radius 1 is 1.11 bits per heavy atom. The molecule has 8 heteroatoms. The van der Waals surface area contributed by atoms with E-state index >= 15 is 0 Å². The van der Waals surface area contributed by atoms with E-state index in [1.165, 1.54) is 12.2 Å². The number of likely N-dealkylation sites (N-methyl/N-ethyl adjacent to an activating group) is 1. The van der Waals surface area contributed by atoms with E-state index in [1.807, 2.05) is 30.3 Å². The zero-order valence-corrected chi connectivity index (χ0v) is 20.8. The molecule has 0 amide bonds. The number of pyridine rings is 1. The number of rotatable bonds is 8. The van der Waals surface area contributed by atoms with Gasteiger partial charge in [-0.15, -0.1) is 0 Å². The first-order valence-corrected chi connectivity index (χ1v) is 12.3.